The molecule has 2 bridgehead atoms. The molecule has 1 aromatic heterocycles. The van der Waals surface area contributed by atoms with Crippen molar-refractivity contribution >= 4 is 11.5 Å². The number of nitrogens with zero attached hydrogens (tertiary/aromatic N) is 3. The standard InChI is InChI=1S/C12H14N4/c13-5-9-4-10(14)6-15-12(9)16-7-8-1-2-11(16)3-8/h4,6,8,11H,1-3,7,14H2. The summed E-state index contributed by atoms with van der Waals surface area (Å²) in [6.07, 6.45) is 5.47. The van der Waals surface area contributed by atoms with Crippen LogP contribution in [-0.2, 0) is 0 Å². The number of hydrogen-bond acceptors (Lipinski definition) is 4. The summed E-state index contributed by atoms with van der Waals surface area (Å²) in [5, 5.41) is 9.10. The zero-order chi connectivity index (χ0) is 11.1. The maximum Gasteiger partial charge on any atom is 0.146 e. The predicted molar refractivity (Wildman–Crippen MR) is 61.8 cm³/mol. The third-order valence-corrected chi connectivity index (χ3v) is 3.69. The van der Waals surface area contributed by atoms with Gasteiger partial charge in [0.2, 0.25) is 0 Å². The van der Waals surface area contributed by atoms with Crippen LogP contribution < -0.4 is 10.6 Å². The highest BCUT2D eigenvalue weighted by Gasteiger charge is 2.39. The Morgan fingerprint density at radius 2 is 2.38 bits per heavy atom. The molecule has 0 aromatic carbocycles. The van der Waals surface area contributed by atoms with Crippen LogP contribution in [0.15, 0.2) is 12.3 Å². The van der Waals surface area contributed by atoms with Crippen LogP contribution in [0.1, 0.15) is 24.8 Å². The van der Waals surface area contributed by atoms with Crippen LogP contribution in [0.4, 0.5) is 11.5 Å². The molecule has 2 N–H and O–H groups in total. The number of rotatable bonds is 1. The Balaban J connectivity index is 1.98. The largest absolute Gasteiger partial charge is 0.397 e. The summed E-state index contributed by atoms with van der Waals surface area (Å²) >= 11 is 0. The predicted octanol–water partition coefficient (Wildman–Crippen LogP) is 1.52. The fraction of sp³-hybridized carbons (Fsp3) is 0.500. The average molecular weight is 214 g/mol. The van der Waals surface area contributed by atoms with Crippen molar-refractivity contribution in [2.75, 3.05) is 17.2 Å². The van der Waals surface area contributed by atoms with E-state index in [0.29, 0.717) is 17.3 Å². The van der Waals surface area contributed by atoms with Gasteiger partial charge in [-0.15, -0.1) is 0 Å². The van der Waals surface area contributed by atoms with E-state index in [0.717, 1.165) is 18.3 Å². The van der Waals surface area contributed by atoms with Crippen LogP contribution in [0, 0.1) is 17.2 Å². The number of nitrogens with two attached hydrogens (primary N) is 1. The number of aromatic nitrogens is 1. The first-order chi connectivity index (χ1) is 7.78. The van der Waals surface area contributed by atoms with Gasteiger partial charge in [0.1, 0.15) is 11.9 Å². The molecule has 2 aliphatic rings. The van der Waals surface area contributed by atoms with Crippen LogP contribution in [0.2, 0.25) is 0 Å². The summed E-state index contributed by atoms with van der Waals surface area (Å²) in [5.74, 6) is 1.62. The molecule has 1 saturated heterocycles. The van der Waals surface area contributed by atoms with Gasteiger partial charge in [-0.3, -0.25) is 0 Å². The van der Waals surface area contributed by atoms with E-state index < -0.39 is 0 Å². The number of fused-ring (bicyclic) bond motifs is 2. The summed E-state index contributed by atoms with van der Waals surface area (Å²) in [6.45, 7) is 1.05. The van der Waals surface area contributed by atoms with Gasteiger partial charge in [0.05, 0.1) is 17.4 Å². The topological polar surface area (TPSA) is 65.9 Å². The number of anilines is 2. The summed E-state index contributed by atoms with van der Waals surface area (Å²) in [4.78, 5) is 6.61. The smallest absolute Gasteiger partial charge is 0.146 e. The molecule has 1 aromatic rings. The SMILES string of the molecule is N#Cc1cc(N)cnc1N1CC2CCC1C2. The van der Waals surface area contributed by atoms with Gasteiger partial charge in [0, 0.05) is 12.6 Å². The molecule has 1 aliphatic carbocycles. The first-order valence-electron chi connectivity index (χ1n) is 5.70. The molecule has 2 heterocycles. The second-order valence-corrected chi connectivity index (χ2v) is 4.74. The first-order valence-corrected chi connectivity index (χ1v) is 5.70. The van der Waals surface area contributed by atoms with E-state index >= 15 is 0 Å². The van der Waals surface area contributed by atoms with Crippen molar-refractivity contribution in [3.8, 4) is 6.07 Å². The van der Waals surface area contributed by atoms with E-state index in [4.69, 9.17) is 11.0 Å². The molecule has 1 aliphatic heterocycles. The van der Waals surface area contributed by atoms with Gasteiger partial charge in [-0.25, -0.2) is 4.98 Å². The lowest BCUT2D eigenvalue weighted by Gasteiger charge is -2.28. The quantitative estimate of drug-likeness (QED) is 0.769. The van der Waals surface area contributed by atoms with Gasteiger partial charge in [0.15, 0.2) is 0 Å². The zero-order valence-electron chi connectivity index (χ0n) is 9.06. The second-order valence-electron chi connectivity index (χ2n) is 4.74. The Morgan fingerprint density at radius 1 is 1.50 bits per heavy atom. The third-order valence-electron chi connectivity index (χ3n) is 3.69. The molecule has 4 nitrogen and oxygen atoms in total. The highest BCUT2D eigenvalue weighted by molar-refractivity contribution is 5.60. The van der Waals surface area contributed by atoms with Gasteiger partial charge < -0.3 is 10.6 Å². The lowest BCUT2D eigenvalue weighted by Crippen LogP contribution is -2.33. The molecule has 82 valence electrons. The third kappa shape index (κ3) is 1.32. The van der Waals surface area contributed by atoms with Crippen LogP contribution >= 0.6 is 0 Å². The Bertz CT molecular complexity index is 463. The van der Waals surface area contributed by atoms with E-state index in [1.54, 1.807) is 12.3 Å². The molecule has 16 heavy (non-hydrogen) atoms. The molecule has 4 heteroatoms. The van der Waals surface area contributed by atoms with E-state index in [2.05, 4.69) is 16.0 Å². The van der Waals surface area contributed by atoms with Crippen molar-refractivity contribution < 1.29 is 0 Å². The Labute approximate surface area is 94.7 Å². The Kier molecular flexibility index (Phi) is 2.00. The molecular weight excluding hydrogens is 200 g/mol. The van der Waals surface area contributed by atoms with Crippen molar-refractivity contribution in [1.82, 2.24) is 4.98 Å². The molecule has 3 rings (SSSR count). The van der Waals surface area contributed by atoms with E-state index in [1.807, 2.05) is 0 Å². The molecule has 2 unspecified atom stereocenters. The van der Waals surface area contributed by atoms with Gasteiger partial charge in [-0.05, 0) is 31.2 Å². The molecule has 0 amide bonds. The molecule has 2 fully saturated rings. The van der Waals surface area contributed by atoms with E-state index in [9.17, 15) is 0 Å². The minimum absolute atomic E-state index is 0.560. The van der Waals surface area contributed by atoms with Crippen molar-refractivity contribution in [2.24, 2.45) is 5.92 Å². The zero-order valence-corrected chi connectivity index (χ0v) is 9.06. The highest BCUT2D eigenvalue weighted by atomic mass is 15.2. The summed E-state index contributed by atoms with van der Waals surface area (Å²) < 4.78 is 0. The number of nitriles is 1. The van der Waals surface area contributed by atoms with E-state index in [-0.39, 0.29) is 0 Å². The minimum Gasteiger partial charge on any atom is -0.397 e. The summed E-state index contributed by atoms with van der Waals surface area (Å²) in [6, 6.07) is 4.50. The van der Waals surface area contributed by atoms with Crippen LogP contribution in [0.25, 0.3) is 0 Å². The van der Waals surface area contributed by atoms with Crippen LogP contribution in [0.3, 0.4) is 0 Å². The molecule has 1 saturated carbocycles. The first kappa shape index (κ1) is 9.46. The Hall–Kier alpha value is -1.76. The van der Waals surface area contributed by atoms with Crippen LogP contribution in [0.5, 0.6) is 0 Å². The van der Waals surface area contributed by atoms with Crippen molar-refractivity contribution in [3.63, 3.8) is 0 Å². The number of nitrogen functional groups attached to an aromatic ring is 1. The summed E-state index contributed by atoms with van der Waals surface area (Å²) in [5.41, 5.74) is 6.81. The van der Waals surface area contributed by atoms with Crippen molar-refractivity contribution in [1.29, 1.82) is 5.26 Å². The molecular formula is C12H14N4. The highest BCUT2D eigenvalue weighted by Crippen LogP contribution is 2.40. The molecule has 0 spiro atoms. The van der Waals surface area contributed by atoms with Gasteiger partial charge in [0.25, 0.3) is 0 Å². The van der Waals surface area contributed by atoms with Crippen molar-refractivity contribution in [3.05, 3.63) is 17.8 Å². The summed E-state index contributed by atoms with van der Waals surface area (Å²) in [7, 11) is 0. The second kappa shape index (κ2) is 3.38. The van der Waals surface area contributed by atoms with E-state index in [1.165, 1.54) is 19.3 Å². The van der Waals surface area contributed by atoms with Gasteiger partial charge >= 0.3 is 0 Å². The van der Waals surface area contributed by atoms with Gasteiger partial charge in [-0.2, -0.15) is 5.26 Å². The monoisotopic (exact) mass is 214 g/mol. The Morgan fingerprint density at radius 3 is 3.00 bits per heavy atom. The van der Waals surface area contributed by atoms with Gasteiger partial charge in [-0.1, -0.05) is 0 Å². The van der Waals surface area contributed by atoms with Crippen molar-refractivity contribution in [2.45, 2.75) is 25.3 Å². The fourth-order valence-electron chi connectivity index (χ4n) is 2.97. The number of pyridine rings is 1. The maximum atomic E-state index is 9.10. The number of hydrogen-bond donors (Lipinski definition) is 1. The lowest BCUT2D eigenvalue weighted by atomic mass is 10.1. The lowest BCUT2D eigenvalue weighted by molar-refractivity contribution is 0.550. The maximum absolute atomic E-state index is 9.10. The molecule has 2 atom stereocenters. The normalized spacial score (nSPS) is 27.1. The van der Waals surface area contributed by atoms with Crippen LogP contribution in [-0.4, -0.2) is 17.6 Å². The average Bonchev–Trinajstić information content (AvgIpc) is 2.90. The number of piperidine rings is 1. The minimum atomic E-state index is 0.560. The fourth-order valence-corrected chi connectivity index (χ4v) is 2.97. The molecule has 0 radical (unpaired) electrons.